The van der Waals surface area contributed by atoms with Crippen LogP contribution in [-0.2, 0) is 33.5 Å². The fourth-order valence-corrected chi connectivity index (χ4v) is 5.68. The second-order valence-electron chi connectivity index (χ2n) is 8.86. The van der Waals surface area contributed by atoms with E-state index in [0.29, 0.717) is 12.1 Å². The van der Waals surface area contributed by atoms with E-state index in [1.54, 1.807) is 0 Å². The van der Waals surface area contributed by atoms with E-state index < -0.39 is 80.8 Å². The summed E-state index contributed by atoms with van der Waals surface area (Å²) in [5, 5.41) is 14.6. The second kappa shape index (κ2) is 13.9. The fraction of sp³-hybridized carbons (Fsp3) is 0.0833. The molecular formula is C24H15F3N4Na2O10S2. The number of fused-ring (bicyclic) bond motifs is 1. The van der Waals surface area contributed by atoms with Gasteiger partial charge < -0.3 is 24.3 Å². The van der Waals surface area contributed by atoms with E-state index in [2.05, 4.69) is 10.6 Å². The van der Waals surface area contributed by atoms with Gasteiger partial charge in [0.2, 0.25) is 0 Å². The summed E-state index contributed by atoms with van der Waals surface area (Å²) in [7, 11) is -9.16. The zero-order valence-corrected chi connectivity index (χ0v) is 28.8. The number of aryl methyl sites for hydroxylation is 1. The number of carbonyl (C=O) groups is 2. The van der Waals surface area contributed by atoms with Crippen LogP contribution >= 0.6 is 0 Å². The van der Waals surface area contributed by atoms with E-state index in [9.17, 15) is 58.8 Å². The predicted octanol–water partition coefficient (Wildman–Crippen LogP) is -2.57. The van der Waals surface area contributed by atoms with Gasteiger partial charge in [-0.3, -0.25) is 19.7 Å². The number of anilines is 2. The summed E-state index contributed by atoms with van der Waals surface area (Å²) in [6, 6.07) is 7.19. The first kappa shape index (κ1) is 38.3. The van der Waals surface area contributed by atoms with Gasteiger partial charge in [0, 0.05) is 41.7 Å². The summed E-state index contributed by atoms with van der Waals surface area (Å²) in [6.07, 6.45) is -3.85. The normalized spacial score (nSPS) is 11.7. The Morgan fingerprint density at radius 3 is 2.07 bits per heavy atom. The smallest absolute Gasteiger partial charge is 0.744 e. The van der Waals surface area contributed by atoms with Gasteiger partial charge in [-0.2, -0.15) is 13.2 Å². The van der Waals surface area contributed by atoms with Gasteiger partial charge in [0.25, 0.3) is 17.5 Å². The average molecular weight is 687 g/mol. The molecule has 2 N–H and O–H groups in total. The topological polar surface area (TPSA) is 221 Å². The van der Waals surface area contributed by atoms with E-state index in [0.717, 1.165) is 47.2 Å². The molecule has 0 unspecified atom stereocenters. The molecule has 4 rings (SSSR count). The zero-order chi connectivity index (χ0) is 32.1. The second-order valence-corrected chi connectivity index (χ2v) is 11.5. The minimum Gasteiger partial charge on any atom is -0.744 e. The molecule has 4 aromatic rings. The molecule has 2 amide bonds. The molecule has 1 aromatic heterocycles. The van der Waals surface area contributed by atoms with Crippen LogP contribution in [-0.4, -0.2) is 47.2 Å². The summed E-state index contributed by atoms with van der Waals surface area (Å²) in [5.74, 6) is -2.24. The number of benzene rings is 3. The Morgan fingerprint density at radius 2 is 1.51 bits per heavy atom. The SMILES string of the molecule is Cn1cc(NC(=O)c2cc([N+](=O)[O-])cc(C(F)(F)F)c2)cc1C(=O)Nc1ccc2c(S(=O)(=O)[O-])cccc2c1S(=O)(=O)[O-].[Na+].[Na+]. The maximum Gasteiger partial charge on any atom is 1.00 e. The maximum absolute atomic E-state index is 13.2. The van der Waals surface area contributed by atoms with E-state index >= 15 is 0 Å². The summed E-state index contributed by atoms with van der Waals surface area (Å²) in [5.41, 5.74) is -4.14. The molecule has 0 aliphatic heterocycles. The van der Waals surface area contributed by atoms with Crippen molar-refractivity contribution in [2.75, 3.05) is 10.6 Å². The monoisotopic (exact) mass is 686 g/mol. The quantitative estimate of drug-likeness (QED) is 0.0895. The first-order valence-electron chi connectivity index (χ1n) is 11.4. The number of rotatable bonds is 7. The molecule has 0 aliphatic rings. The van der Waals surface area contributed by atoms with Crippen molar-refractivity contribution in [2.24, 2.45) is 7.05 Å². The standard InChI is InChI=1S/C24H17F3N4O10S2.2Na/c1-30-11-14(28-22(32)12-7-13(24(25,26)27)9-15(8-12)31(34)35)10-19(30)23(33)29-18-6-5-16-17(21(18)43(39,40)41)3-2-4-20(16)42(36,37)38;;/h2-11H,1H3,(H,28,32)(H,29,33)(H,36,37,38)(H,39,40,41);;/q;2*+1/p-2. The average Bonchev–Trinajstić information content (AvgIpc) is 3.25. The van der Waals surface area contributed by atoms with E-state index in [1.807, 2.05) is 0 Å². The number of non-ortho nitro benzene ring substituents is 1. The van der Waals surface area contributed by atoms with Crippen LogP contribution in [0.4, 0.5) is 30.2 Å². The van der Waals surface area contributed by atoms with Crippen LogP contribution in [0, 0.1) is 10.1 Å². The van der Waals surface area contributed by atoms with Crippen molar-refractivity contribution in [1.82, 2.24) is 4.57 Å². The first-order chi connectivity index (χ1) is 19.8. The molecule has 0 aliphatic carbocycles. The molecule has 1 heterocycles. The maximum atomic E-state index is 13.2. The number of nitro groups is 1. The number of halogens is 3. The van der Waals surface area contributed by atoms with Crippen LogP contribution in [0.5, 0.6) is 0 Å². The van der Waals surface area contributed by atoms with Crippen molar-refractivity contribution in [2.45, 2.75) is 16.0 Å². The summed E-state index contributed by atoms with van der Waals surface area (Å²) in [4.78, 5) is 33.8. The van der Waals surface area contributed by atoms with Crippen LogP contribution in [0.3, 0.4) is 0 Å². The zero-order valence-electron chi connectivity index (χ0n) is 23.2. The molecule has 0 fully saturated rings. The summed E-state index contributed by atoms with van der Waals surface area (Å²) < 4.78 is 112. The van der Waals surface area contributed by atoms with Crippen molar-refractivity contribution in [3.63, 3.8) is 0 Å². The number of nitrogens with one attached hydrogen (secondary N) is 2. The van der Waals surface area contributed by atoms with Gasteiger partial charge in [-0.05, 0) is 24.3 Å². The van der Waals surface area contributed by atoms with Crippen molar-refractivity contribution >= 4 is 59.9 Å². The Balaban J connectivity index is 0.00000353. The van der Waals surface area contributed by atoms with Crippen molar-refractivity contribution in [3.8, 4) is 0 Å². The Hall–Kier alpha value is -2.85. The van der Waals surface area contributed by atoms with Gasteiger partial charge in [0.1, 0.15) is 25.9 Å². The number of alkyl halides is 3. The number of amides is 2. The molecule has 0 saturated heterocycles. The van der Waals surface area contributed by atoms with Gasteiger partial charge in [-0.15, -0.1) is 0 Å². The predicted molar refractivity (Wildman–Crippen MR) is 139 cm³/mol. The van der Waals surface area contributed by atoms with Crippen LogP contribution < -0.4 is 69.7 Å². The molecule has 226 valence electrons. The molecule has 0 bridgehead atoms. The third-order valence-corrected chi connectivity index (χ3v) is 7.79. The number of carbonyl (C=O) groups excluding carboxylic acids is 2. The van der Waals surface area contributed by atoms with Crippen LogP contribution in [0.1, 0.15) is 26.4 Å². The van der Waals surface area contributed by atoms with Gasteiger partial charge in [-0.1, -0.05) is 18.2 Å². The first-order valence-corrected chi connectivity index (χ1v) is 14.2. The Kier molecular flexibility index (Phi) is 11.8. The number of nitrogens with zero attached hydrogens (tertiary/aromatic N) is 2. The summed E-state index contributed by atoms with van der Waals surface area (Å²) in [6.45, 7) is 0. The van der Waals surface area contributed by atoms with Crippen molar-refractivity contribution in [1.29, 1.82) is 0 Å². The minimum absolute atomic E-state index is 0. The van der Waals surface area contributed by atoms with Gasteiger partial charge in [0.05, 0.1) is 31.7 Å². The third-order valence-electron chi connectivity index (χ3n) is 5.95. The largest absolute Gasteiger partial charge is 1.00 e. The van der Waals surface area contributed by atoms with E-state index in [4.69, 9.17) is 0 Å². The Labute approximate surface area is 296 Å². The van der Waals surface area contributed by atoms with Crippen LogP contribution in [0.15, 0.2) is 70.6 Å². The van der Waals surface area contributed by atoms with Crippen molar-refractivity contribution in [3.05, 3.63) is 87.7 Å². The fourth-order valence-electron chi connectivity index (χ4n) is 4.15. The third kappa shape index (κ3) is 8.50. The molecule has 21 heteroatoms. The molecule has 14 nitrogen and oxygen atoms in total. The van der Waals surface area contributed by atoms with Crippen LogP contribution in [0.2, 0.25) is 0 Å². The Morgan fingerprint density at radius 1 is 0.867 bits per heavy atom. The molecule has 0 spiro atoms. The van der Waals surface area contributed by atoms with Crippen molar-refractivity contribution < 1.29 is 113 Å². The molecule has 45 heavy (non-hydrogen) atoms. The molecular weight excluding hydrogens is 671 g/mol. The number of nitro benzene ring substituents is 1. The number of hydrogen-bond acceptors (Lipinski definition) is 10. The summed E-state index contributed by atoms with van der Waals surface area (Å²) >= 11 is 0. The number of hydrogen-bond donors (Lipinski definition) is 2. The van der Waals surface area contributed by atoms with E-state index in [1.165, 1.54) is 7.05 Å². The van der Waals surface area contributed by atoms with Gasteiger partial charge in [-0.25, -0.2) is 16.8 Å². The Bertz CT molecular complexity index is 2070. The van der Waals surface area contributed by atoms with E-state index in [-0.39, 0.29) is 81.9 Å². The molecule has 0 atom stereocenters. The van der Waals surface area contributed by atoms with Crippen LogP contribution in [0.25, 0.3) is 10.8 Å². The van der Waals surface area contributed by atoms with Gasteiger partial charge >= 0.3 is 65.3 Å². The number of aromatic nitrogens is 1. The minimum atomic E-state index is -5.38. The van der Waals surface area contributed by atoms with Gasteiger partial charge in [0.15, 0.2) is 0 Å². The molecule has 0 radical (unpaired) electrons. The molecule has 3 aromatic carbocycles. The molecule has 0 saturated carbocycles.